The Bertz CT molecular complexity index is 558. The Balaban J connectivity index is 1.58. The number of benzene rings is 2. The molecule has 0 amide bonds. The summed E-state index contributed by atoms with van der Waals surface area (Å²) in [5.41, 5.74) is 3.83. The molecule has 21 heavy (non-hydrogen) atoms. The number of nitrogens with one attached hydrogen (secondary N) is 1. The molecule has 0 saturated heterocycles. The van der Waals surface area contributed by atoms with Crippen LogP contribution in [-0.2, 0) is 0 Å². The highest BCUT2D eigenvalue weighted by Crippen LogP contribution is 2.27. The molecule has 2 aromatic rings. The first-order valence-corrected chi connectivity index (χ1v) is 7.79. The summed E-state index contributed by atoms with van der Waals surface area (Å²) in [6.07, 6.45) is 1.84. The van der Waals surface area contributed by atoms with Gasteiger partial charge in [-0.15, -0.1) is 0 Å². The highest BCUT2D eigenvalue weighted by molar-refractivity contribution is 5.63. The average molecular weight is 281 g/mol. The largest absolute Gasteiger partial charge is 0.393 e. The third-order valence-corrected chi connectivity index (χ3v) is 4.44. The van der Waals surface area contributed by atoms with Crippen LogP contribution in [0.2, 0.25) is 0 Å². The van der Waals surface area contributed by atoms with Gasteiger partial charge in [0.1, 0.15) is 0 Å². The standard InChI is InChI=1S/C19H23NO/c1-14(20-13-15-11-19(21)12-15)16-7-9-18(10-8-16)17-5-3-2-4-6-17/h2-10,14-15,19-21H,11-13H2,1H3. The van der Waals surface area contributed by atoms with Gasteiger partial charge in [0.05, 0.1) is 6.10 Å². The molecule has 0 aliphatic heterocycles. The van der Waals surface area contributed by atoms with Gasteiger partial charge in [-0.1, -0.05) is 54.6 Å². The molecule has 110 valence electrons. The molecule has 1 fully saturated rings. The second-order valence-corrected chi connectivity index (χ2v) is 6.11. The molecule has 0 bridgehead atoms. The zero-order valence-corrected chi connectivity index (χ0v) is 12.5. The van der Waals surface area contributed by atoms with E-state index in [0.29, 0.717) is 12.0 Å². The Morgan fingerprint density at radius 2 is 1.62 bits per heavy atom. The van der Waals surface area contributed by atoms with Crippen molar-refractivity contribution in [3.8, 4) is 11.1 Å². The van der Waals surface area contributed by atoms with E-state index in [1.165, 1.54) is 16.7 Å². The van der Waals surface area contributed by atoms with Crippen LogP contribution in [0.5, 0.6) is 0 Å². The second kappa shape index (κ2) is 6.42. The van der Waals surface area contributed by atoms with Crippen LogP contribution >= 0.6 is 0 Å². The SMILES string of the molecule is CC(NCC1CC(O)C1)c1ccc(-c2ccccc2)cc1. The Hall–Kier alpha value is -1.64. The summed E-state index contributed by atoms with van der Waals surface area (Å²) in [6, 6.07) is 19.6. The van der Waals surface area contributed by atoms with Crippen LogP contribution in [0.1, 0.15) is 31.4 Å². The molecule has 1 aliphatic rings. The van der Waals surface area contributed by atoms with Gasteiger partial charge in [-0.25, -0.2) is 0 Å². The highest BCUT2D eigenvalue weighted by atomic mass is 16.3. The average Bonchev–Trinajstić information content (AvgIpc) is 2.51. The fourth-order valence-corrected chi connectivity index (χ4v) is 2.92. The number of rotatable bonds is 5. The lowest BCUT2D eigenvalue weighted by Gasteiger charge is -2.32. The van der Waals surface area contributed by atoms with Gasteiger partial charge in [-0.2, -0.15) is 0 Å². The lowest BCUT2D eigenvalue weighted by molar-refractivity contribution is 0.0420. The summed E-state index contributed by atoms with van der Waals surface area (Å²) in [7, 11) is 0. The molecule has 0 aromatic heterocycles. The number of hydrogen-bond donors (Lipinski definition) is 2. The lowest BCUT2D eigenvalue weighted by atomic mass is 9.82. The summed E-state index contributed by atoms with van der Waals surface area (Å²) in [6.45, 7) is 3.20. The van der Waals surface area contributed by atoms with Gasteiger partial charge in [0.25, 0.3) is 0 Å². The zero-order valence-electron chi connectivity index (χ0n) is 12.5. The maximum Gasteiger partial charge on any atom is 0.0546 e. The third kappa shape index (κ3) is 3.52. The molecule has 2 N–H and O–H groups in total. The fraction of sp³-hybridized carbons (Fsp3) is 0.368. The minimum Gasteiger partial charge on any atom is -0.393 e. The van der Waals surface area contributed by atoms with Gasteiger partial charge in [0, 0.05) is 6.04 Å². The van der Waals surface area contributed by atoms with Gasteiger partial charge < -0.3 is 10.4 Å². The molecule has 0 spiro atoms. The van der Waals surface area contributed by atoms with Crippen molar-refractivity contribution in [3.05, 3.63) is 60.2 Å². The van der Waals surface area contributed by atoms with E-state index in [4.69, 9.17) is 0 Å². The predicted octanol–water partition coefficient (Wildman–Crippen LogP) is 3.78. The smallest absolute Gasteiger partial charge is 0.0546 e. The van der Waals surface area contributed by atoms with Crippen molar-refractivity contribution in [2.75, 3.05) is 6.54 Å². The quantitative estimate of drug-likeness (QED) is 0.874. The zero-order chi connectivity index (χ0) is 14.7. The Morgan fingerprint density at radius 3 is 2.24 bits per heavy atom. The summed E-state index contributed by atoms with van der Waals surface area (Å²) in [5.74, 6) is 0.644. The maximum absolute atomic E-state index is 9.31. The first-order chi connectivity index (χ1) is 10.2. The fourth-order valence-electron chi connectivity index (χ4n) is 2.92. The van der Waals surface area contributed by atoms with Crippen LogP contribution in [0.15, 0.2) is 54.6 Å². The van der Waals surface area contributed by atoms with Gasteiger partial charge in [0.15, 0.2) is 0 Å². The molecule has 0 radical (unpaired) electrons. The topological polar surface area (TPSA) is 32.3 Å². The van der Waals surface area contributed by atoms with E-state index in [1.54, 1.807) is 0 Å². The van der Waals surface area contributed by atoms with Crippen molar-refractivity contribution in [3.63, 3.8) is 0 Å². The molecule has 0 heterocycles. The third-order valence-electron chi connectivity index (χ3n) is 4.44. The Labute approximate surface area is 126 Å². The van der Waals surface area contributed by atoms with Crippen molar-refractivity contribution in [2.45, 2.75) is 31.9 Å². The first kappa shape index (κ1) is 14.3. The molecule has 3 rings (SSSR count). The van der Waals surface area contributed by atoms with E-state index in [0.717, 1.165) is 19.4 Å². The Kier molecular flexibility index (Phi) is 4.37. The van der Waals surface area contributed by atoms with Crippen LogP contribution < -0.4 is 5.32 Å². The predicted molar refractivity (Wildman–Crippen MR) is 87.0 cm³/mol. The van der Waals surface area contributed by atoms with Crippen molar-refractivity contribution >= 4 is 0 Å². The monoisotopic (exact) mass is 281 g/mol. The van der Waals surface area contributed by atoms with Crippen LogP contribution in [-0.4, -0.2) is 17.8 Å². The van der Waals surface area contributed by atoms with Crippen molar-refractivity contribution in [2.24, 2.45) is 5.92 Å². The van der Waals surface area contributed by atoms with Crippen molar-refractivity contribution < 1.29 is 5.11 Å². The number of aliphatic hydroxyl groups excluding tert-OH is 1. The van der Waals surface area contributed by atoms with E-state index < -0.39 is 0 Å². The maximum atomic E-state index is 9.31. The lowest BCUT2D eigenvalue weighted by Crippen LogP contribution is -2.36. The number of aliphatic hydroxyl groups is 1. The second-order valence-electron chi connectivity index (χ2n) is 6.11. The van der Waals surface area contributed by atoms with E-state index in [9.17, 15) is 5.11 Å². The van der Waals surface area contributed by atoms with E-state index >= 15 is 0 Å². The molecule has 1 aliphatic carbocycles. The molecule has 2 aromatic carbocycles. The van der Waals surface area contributed by atoms with Crippen LogP contribution in [0, 0.1) is 5.92 Å². The Morgan fingerprint density at radius 1 is 1.00 bits per heavy atom. The van der Waals surface area contributed by atoms with Gasteiger partial charge >= 0.3 is 0 Å². The molecular formula is C19H23NO. The first-order valence-electron chi connectivity index (χ1n) is 7.79. The summed E-state index contributed by atoms with van der Waals surface area (Å²) < 4.78 is 0. The molecule has 1 unspecified atom stereocenters. The minimum atomic E-state index is -0.0581. The van der Waals surface area contributed by atoms with Crippen molar-refractivity contribution in [1.29, 1.82) is 0 Å². The van der Waals surface area contributed by atoms with E-state index in [-0.39, 0.29) is 6.10 Å². The van der Waals surface area contributed by atoms with Crippen molar-refractivity contribution in [1.82, 2.24) is 5.32 Å². The van der Waals surface area contributed by atoms with E-state index in [1.807, 2.05) is 6.07 Å². The summed E-state index contributed by atoms with van der Waals surface area (Å²) in [4.78, 5) is 0. The minimum absolute atomic E-state index is 0.0581. The molecule has 2 nitrogen and oxygen atoms in total. The van der Waals surface area contributed by atoms with Gasteiger partial charge in [0.2, 0.25) is 0 Å². The molecular weight excluding hydrogens is 258 g/mol. The van der Waals surface area contributed by atoms with Crippen LogP contribution in [0.4, 0.5) is 0 Å². The van der Waals surface area contributed by atoms with E-state index in [2.05, 4.69) is 60.8 Å². The normalized spacial score (nSPS) is 22.6. The molecule has 1 atom stereocenters. The highest BCUT2D eigenvalue weighted by Gasteiger charge is 2.26. The van der Waals surface area contributed by atoms with Gasteiger partial charge in [-0.3, -0.25) is 0 Å². The van der Waals surface area contributed by atoms with Crippen LogP contribution in [0.3, 0.4) is 0 Å². The number of hydrogen-bond acceptors (Lipinski definition) is 2. The van der Waals surface area contributed by atoms with Gasteiger partial charge in [-0.05, 0) is 48.9 Å². The van der Waals surface area contributed by atoms with Crippen LogP contribution in [0.25, 0.3) is 11.1 Å². The molecule has 1 saturated carbocycles. The summed E-state index contributed by atoms with van der Waals surface area (Å²) in [5, 5.41) is 12.9. The summed E-state index contributed by atoms with van der Waals surface area (Å²) >= 11 is 0. The molecule has 2 heteroatoms.